The highest BCUT2D eigenvalue weighted by molar-refractivity contribution is 6.30. The van der Waals surface area contributed by atoms with E-state index in [0.717, 1.165) is 78.0 Å². The highest BCUT2D eigenvalue weighted by Gasteiger charge is 2.29. The van der Waals surface area contributed by atoms with Crippen molar-refractivity contribution in [2.24, 2.45) is 0 Å². The van der Waals surface area contributed by atoms with Gasteiger partial charge in [-0.3, -0.25) is 0 Å². The van der Waals surface area contributed by atoms with E-state index in [1.54, 1.807) is 0 Å². The molecule has 0 atom stereocenters. The molecule has 2 aromatic heterocycles. The van der Waals surface area contributed by atoms with Crippen LogP contribution in [0.2, 0.25) is 0 Å². The molecule has 12 rings (SSSR count). The van der Waals surface area contributed by atoms with Gasteiger partial charge in [0.2, 0.25) is 0 Å². The highest BCUT2D eigenvalue weighted by Crippen LogP contribution is 2.53. The predicted octanol–water partition coefficient (Wildman–Crippen LogP) is 18.2. The van der Waals surface area contributed by atoms with Crippen LogP contribution in [0.3, 0.4) is 0 Å². The first-order valence-corrected chi connectivity index (χ1v) is 22.6. The molecule has 0 aliphatic carbocycles. The summed E-state index contributed by atoms with van der Waals surface area (Å²) in [4.78, 5) is 4.90. The number of hydrogen-bond donors (Lipinski definition) is 0. The monoisotopic (exact) mass is 828 g/mol. The smallest absolute Gasteiger partial charge is 0.159 e. The summed E-state index contributed by atoms with van der Waals surface area (Å²) < 4.78 is 13.6. The summed E-state index contributed by atoms with van der Waals surface area (Å²) >= 11 is 0. The largest absolute Gasteiger partial charge is 0.454 e. The summed E-state index contributed by atoms with van der Waals surface area (Å²) in [5, 5.41) is 12.0. The molecular weight excluding hydrogens is 781 g/mol. The molecule has 0 amide bonds. The van der Waals surface area contributed by atoms with E-state index < -0.39 is 0 Å². The van der Waals surface area contributed by atoms with Crippen LogP contribution in [0.5, 0.6) is 0 Å². The second-order valence-electron chi connectivity index (χ2n) is 18.1. The Morgan fingerprint density at radius 2 is 0.703 bits per heavy atom. The lowest BCUT2D eigenvalue weighted by Gasteiger charge is -2.32. The molecule has 0 aliphatic heterocycles. The zero-order valence-electron chi connectivity index (χ0n) is 37.0. The Bertz CT molecular complexity index is 3540. The van der Waals surface area contributed by atoms with Gasteiger partial charge in [0.15, 0.2) is 11.2 Å². The maximum absolute atomic E-state index is 6.82. The van der Waals surface area contributed by atoms with Gasteiger partial charge in [-0.2, -0.15) is 0 Å². The molecular formula is C60H48N2O2. The maximum Gasteiger partial charge on any atom is 0.159 e. The van der Waals surface area contributed by atoms with Gasteiger partial charge in [-0.05, 0) is 130 Å². The predicted molar refractivity (Wildman–Crippen MR) is 272 cm³/mol. The molecule has 0 unspecified atom stereocenters. The molecule has 0 fully saturated rings. The summed E-state index contributed by atoms with van der Waals surface area (Å²) in [6.07, 6.45) is 0. The van der Waals surface area contributed by atoms with Crippen molar-refractivity contribution in [1.82, 2.24) is 0 Å². The third kappa shape index (κ3) is 5.61. The first-order valence-electron chi connectivity index (χ1n) is 22.6. The summed E-state index contributed by atoms with van der Waals surface area (Å²) in [7, 11) is 0. The number of aryl methyl sites for hydroxylation is 2. The van der Waals surface area contributed by atoms with Crippen LogP contribution in [-0.2, 0) is 0 Å². The van der Waals surface area contributed by atoms with Crippen LogP contribution < -0.4 is 9.80 Å². The van der Waals surface area contributed by atoms with Crippen LogP contribution in [0, 0.1) is 13.8 Å². The standard InChI is InChI=1S/C60H48N2O2/c1-35(2)45-33-47-51(61(49-23-11-7-17-37(49)5)53-25-15-21-43-39-19-9-13-27-55(39)63-59(43)53)32-30-42-46(36(3)4)34-48-52(31-29-41(45)57(48)58(42)47)62(50-24-12-8-18-38(50)6)54-26-16-22-44-40-20-10-14-28-56(40)64-60(44)54/h7-36H,1-6H3. The topological polar surface area (TPSA) is 32.8 Å². The number of furan rings is 2. The molecule has 4 nitrogen and oxygen atoms in total. The molecule has 2 heterocycles. The molecule has 0 aliphatic rings. The van der Waals surface area contributed by atoms with E-state index in [1.807, 2.05) is 0 Å². The molecule has 4 heteroatoms. The van der Waals surface area contributed by atoms with E-state index >= 15 is 0 Å². The van der Waals surface area contributed by atoms with Gasteiger partial charge < -0.3 is 18.6 Å². The minimum atomic E-state index is 0.262. The Morgan fingerprint density at radius 3 is 1.12 bits per heavy atom. The van der Waals surface area contributed by atoms with Crippen molar-refractivity contribution in [3.8, 4) is 0 Å². The first kappa shape index (κ1) is 38.1. The Balaban J connectivity index is 1.22. The molecule has 0 saturated carbocycles. The lowest BCUT2D eigenvalue weighted by molar-refractivity contribution is 0.668. The Hall–Kier alpha value is -7.56. The van der Waals surface area contributed by atoms with Gasteiger partial charge in [0.25, 0.3) is 0 Å². The molecule has 12 aromatic rings. The number of benzene rings is 10. The van der Waals surface area contributed by atoms with E-state index in [1.165, 1.54) is 54.6 Å². The number of nitrogens with zero attached hydrogens (tertiary/aromatic N) is 2. The number of para-hydroxylation sites is 6. The van der Waals surface area contributed by atoms with E-state index in [9.17, 15) is 0 Å². The van der Waals surface area contributed by atoms with E-state index in [-0.39, 0.29) is 11.8 Å². The Kier molecular flexibility index (Phi) is 8.64. The SMILES string of the molecule is Cc1ccccc1N(c1ccc2c(C(C)C)cc3c(N(c4ccccc4C)c4cccc5c4oc4ccccc45)ccc4c(C(C)C)cc1c2c43)c1cccc2c1oc1ccccc12. The fourth-order valence-corrected chi connectivity index (χ4v) is 10.6. The quantitative estimate of drug-likeness (QED) is 0.143. The molecule has 0 saturated heterocycles. The average molecular weight is 829 g/mol. The second kappa shape index (κ2) is 14.5. The van der Waals surface area contributed by atoms with E-state index in [0.29, 0.717) is 0 Å². The molecule has 0 bridgehead atoms. The fourth-order valence-electron chi connectivity index (χ4n) is 10.6. The normalized spacial score (nSPS) is 12.2. The van der Waals surface area contributed by atoms with Crippen molar-refractivity contribution in [2.75, 3.05) is 9.80 Å². The van der Waals surface area contributed by atoms with Crippen LogP contribution >= 0.6 is 0 Å². The van der Waals surface area contributed by atoms with Crippen molar-refractivity contribution >= 4 is 110 Å². The molecule has 10 aromatic carbocycles. The van der Waals surface area contributed by atoms with Crippen LogP contribution in [-0.4, -0.2) is 0 Å². The molecule has 64 heavy (non-hydrogen) atoms. The third-order valence-corrected chi connectivity index (χ3v) is 13.6. The van der Waals surface area contributed by atoms with Crippen LogP contribution in [0.4, 0.5) is 34.1 Å². The van der Waals surface area contributed by atoms with Gasteiger partial charge in [-0.15, -0.1) is 0 Å². The number of hydrogen-bond acceptors (Lipinski definition) is 4. The fraction of sp³-hybridized carbons (Fsp3) is 0.133. The van der Waals surface area contributed by atoms with Gasteiger partial charge in [0.05, 0.1) is 22.7 Å². The maximum atomic E-state index is 6.82. The van der Waals surface area contributed by atoms with Crippen LogP contribution in [0.25, 0.3) is 76.2 Å². The number of rotatable bonds is 8. The van der Waals surface area contributed by atoms with Crippen LogP contribution in [0.15, 0.2) is 179 Å². The Labute approximate surface area is 372 Å². The van der Waals surface area contributed by atoms with Crippen molar-refractivity contribution in [3.63, 3.8) is 0 Å². The van der Waals surface area contributed by atoms with Crippen molar-refractivity contribution in [2.45, 2.75) is 53.4 Å². The van der Waals surface area contributed by atoms with Crippen LogP contribution in [0.1, 0.15) is 61.8 Å². The average Bonchev–Trinajstić information content (AvgIpc) is 3.89. The van der Waals surface area contributed by atoms with Crippen molar-refractivity contribution < 1.29 is 8.83 Å². The summed E-state index contributed by atoms with van der Waals surface area (Å²) in [6, 6.07) is 61.8. The highest BCUT2D eigenvalue weighted by atomic mass is 16.3. The van der Waals surface area contributed by atoms with Crippen molar-refractivity contribution in [3.05, 3.63) is 192 Å². The van der Waals surface area contributed by atoms with Gasteiger partial charge in [0, 0.05) is 43.7 Å². The summed E-state index contributed by atoms with van der Waals surface area (Å²) in [6.45, 7) is 13.7. The first-order chi connectivity index (χ1) is 31.3. The summed E-state index contributed by atoms with van der Waals surface area (Å²) in [5.41, 5.74) is 15.0. The third-order valence-electron chi connectivity index (χ3n) is 13.6. The zero-order chi connectivity index (χ0) is 43.4. The van der Waals surface area contributed by atoms with Gasteiger partial charge >= 0.3 is 0 Å². The number of anilines is 6. The minimum absolute atomic E-state index is 0.262. The molecule has 0 N–H and O–H groups in total. The Morgan fingerprint density at radius 1 is 0.328 bits per heavy atom. The van der Waals surface area contributed by atoms with Crippen molar-refractivity contribution in [1.29, 1.82) is 0 Å². The number of fused-ring (bicyclic) bond motifs is 6. The summed E-state index contributed by atoms with van der Waals surface area (Å²) in [5.74, 6) is 0.523. The van der Waals surface area contributed by atoms with Gasteiger partial charge in [0.1, 0.15) is 11.2 Å². The minimum Gasteiger partial charge on any atom is -0.454 e. The lowest BCUT2D eigenvalue weighted by Crippen LogP contribution is -2.14. The molecule has 310 valence electrons. The zero-order valence-corrected chi connectivity index (χ0v) is 37.0. The second-order valence-corrected chi connectivity index (χ2v) is 18.1. The van der Waals surface area contributed by atoms with Gasteiger partial charge in [-0.1, -0.05) is 137 Å². The van der Waals surface area contributed by atoms with Gasteiger partial charge in [-0.25, -0.2) is 0 Å². The lowest BCUT2D eigenvalue weighted by atomic mass is 9.83. The molecule has 0 radical (unpaired) electrons. The van der Waals surface area contributed by atoms with E-state index in [2.05, 4.69) is 221 Å². The van der Waals surface area contributed by atoms with E-state index in [4.69, 9.17) is 8.83 Å². The molecule has 0 spiro atoms.